The minimum Gasteiger partial charge on any atom is -0.508 e. The molecule has 188 valence electrons. The van der Waals surface area contributed by atoms with Gasteiger partial charge in [-0.15, -0.1) is 0 Å². The van der Waals surface area contributed by atoms with E-state index in [4.69, 9.17) is 4.74 Å². The summed E-state index contributed by atoms with van der Waals surface area (Å²) in [5, 5.41) is 12.3. The summed E-state index contributed by atoms with van der Waals surface area (Å²) in [6.45, 7) is 13.8. The number of aromatic hydroxyl groups is 1. The molecule has 4 aromatic rings. The van der Waals surface area contributed by atoms with Crippen LogP contribution in [0.25, 0.3) is 33.0 Å². The first-order valence-electron chi connectivity index (χ1n) is 12.8. The highest BCUT2D eigenvalue weighted by Crippen LogP contribution is 2.48. The average Bonchev–Trinajstić information content (AvgIpc) is 3.24. The van der Waals surface area contributed by atoms with Crippen molar-refractivity contribution in [3.8, 4) is 28.0 Å². The third-order valence-electron chi connectivity index (χ3n) is 7.79. The Kier molecular flexibility index (Phi) is 7.14. The Morgan fingerprint density at radius 1 is 0.806 bits per heavy atom. The lowest BCUT2D eigenvalue weighted by Gasteiger charge is -2.44. The number of hydrogen-bond donors (Lipinski definition) is 1. The zero-order valence-electron chi connectivity index (χ0n) is 22.4. The van der Waals surface area contributed by atoms with Crippen molar-refractivity contribution >= 4 is 25.0 Å². The first-order valence-corrected chi connectivity index (χ1v) is 14.9. The molecule has 4 nitrogen and oxygen atoms in total. The molecule has 0 fully saturated rings. The lowest BCUT2D eigenvalue weighted by atomic mass is 9.95. The number of aromatic nitrogens is 1. The van der Waals surface area contributed by atoms with Gasteiger partial charge in [-0.25, -0.2) is 4.79 Å². The minimum absolute atomic E-state index is 0.195. The van der Waals surface area contributed by atoms with Gasteiger partial charge in [0.1, 0.15) is 11.4 Å². The molecule has 0 aliphatic heterocycles. The van der Waals surface area contributed by atoms with Crippen molar-refractivity contribution in [1.29, 1.82) is 0 Å². The molecule has 0 aliphatic carbocycles. The number of hydrogen-bond acceptors (Lipinski definition) is 3. The highest BCUT2D eigenvalue weighted by atomic mass is 28.3. The molecule has 0 radical (unpaired) electrons. The smallest absolute Gasteiger partial charge is 0.354 e. The molecule has 0 amide bonds. The number of fused-ring (bicyclic) bond motifs is 1. The Hall–Kier alpha value is -3.31. The molecule has 0 saturated carbocycles. The van der Waals surface area contributed by atoms with Crippen LogP contribution in [0.2, 0.25) is 16.6 Å². The molecule has 4 rings (SSSR count). The second kappa shape index (κ2) is 9.98. The van der Waals surface area contributed by atoms with E-state index in [1.165, 1.54) is 12.5 Å². The fraction of sp³-hybridized carbons (Fsp3) is 0.323. The summed E-state index contributed by atoms with van der Waals surface area (Å²) in [6.07, 6.45) is 2.21. The van der Waals surface area contributed by atoms with Gasteiger partial charge < -0.3 is 14.1 Å². The molecule has 1 heterocycles. The Bertz CT molecular complexity index is 1360. The summed E-state index contributed by atoms with van der Waals surface area (Å²) in [5.74, 6) is -0.135. The molecule has 0 unspecified atom stereocenters. The second-order valence-electron chi connectivity index (χ2n) is 10.6. The molecule has 0 saturated heterocycles. The summed E-state index contributed by atoms with van der Waals surface area (Å²) in [5.41, 5.74) is 5.59. The Labute approximate surface area is 215 Å². The van der Waals surface area contributed by atoms with Crippen molar-refractivity contribution in [3.05, 3.63) is 78.6 Å². The summed E-state index contributed by atoms with van der Waals surface area (Å²) >= 11 is 0. The normalized spacial score (nSPS) is 12.2. The van der Waals surface area contributed by atoms with Gasteiger partial charge >= 0.3 is 5.97 Å². The molecule has 1 aromatic heterocycles. The topological polar surface area (TPSA) is 51.5 Å². The van der Waals surface area contributed by atoms with Gasteiger partial charge in [0.05, 0.1) is 7.11 Å². The molecule has 1 N–H and O–H groups in total. The highest BCUT2D eigenvalue weighted by Gasteiger charge is 2.48. The number of nitrogens with zero attached hydrogens (tertiary/aromatic N) is 1. The molecule has 0 atom stereocenters. The largest absolute Gasteiger partial charge is 0.508 e. The molecule has 0 bridgehead atoms. The van der Waals surface area contributed by atoms with E-state index in [1.807, 2.05) is 24.3 Å². The number of carbonyl (C=O) groups is 1. The van der Waals surface area contributed by atoms with Crippen LogP contribution in [0.5, 0.6) is 5.75 Å². The maximum absolute atomic E-state index is 13.6. The van der Waals surface area contributed by atoms with Crippen LogP contribution in [0.3, 0.4) is 0 Å². The van der Waals surface area contributed by atoms with E-state index < -0.39 is 8.24 Å². The van der Waals surface area contributed by atoms with Gasteiger partial charge in [-0.3, -0.25) is 0 Å². The Morgan fingerprint density at radius 3 is 1.92 bits per heavy atom. The van der Waals surface area contributed by atoms with Crippen LogP contribution in [0.15, 0.2) is 72.9 Å². The van der Waals surface area contributed by atoms with Crippen LogP contribution in [0, 0.1) is 0 Å². The lowest BCUT2D eigenvalue weighted by molar-refractivity contribution is 0.0593. The van der Waals surface area contributed by atoms with Crippen LogP contribution in [-0.4, -0.2) is 30.7 Å². The molecular formula is C31H37NO3Si. The van der Waals surface area contributed by atoms with Crippen LogP contribution in [-0.2, 0) is 4.74 Å². The van der Waals surface area contributed by atoms with Crippen LogP contribution >= 0.6 is 0 Å². The summed E-state index contributed by atoms with van der Waals surface area (Å²) in [4.78, 5) is 13.6. The van der Waals surface area contributed by atoms with Crippen LogP contribution in [0.4, 0.5) is 0 Å². The number of carbonyl (C=O) groups excluding carboxylic acids is 1. The van der Waals surface area contributed by atoms with Gasteiger partial charge in [-0.1, -0.05) is 90.1 Å². The van der Waals surface area contributed by atoms with E-state index in [-0.39, 0.29) is 11.7 Å². The van der Waals surface area contributed by atoms with E-state index in [2.05, 4.69) is 82.3 Å². The van der Waals surface area contributed by atoms with Crippen molar-refractivity contribution in [3.63, 3.8) is 0 Å². The summed E-state index contributed by atoms with van der Waals surface area (Å²) < 4.78 is 7.77. The number of phenolic OH excluding ortho intramolecular Hbond substituents is 1. The fourth-order valence-electron chi connectivity index (χ4n) is 6.44. The molecular weight excluding hydrogens is 462 g/mol. The zero-order valence-corrected chi connectivity index (χ0v) is 23.4. The zero-order chi connectivity index (χ0) is 26.2. The van der Waals surface area contributed by atoms with E-state index in [9.17, 15) is 9.90 Å². The van der Waals surface area contributed by atoms with Gasteiger partial charge in [-0.2, -0.15) is 0 Å². The molecule has 5 heteroatoms. The number of esters is 1. The summed E-state index contributed by atoms with van der Waals surface area (Å²) in [7, 11) is -0.844. The first kappa shape index (κ1) is 25.8. The maximum atomic E-state index is 13.6. The van der Waals surface area contributed by atoms with E-state index in [1.54, 1.807) is 12.1 Å². The third kappa shape index (κ3) is 4.15. The molecule has 0 spiro atoms. The van der Waals surface area contributed by atoms with E-state index >= 15 is 0 Å². The van der Waals surface area contributed by atoms with Crippen molar-refractivity contribution in [2.24, 2.45) is 0 Å². The van der Waals surface area contributed by atoms with Gasteiger partial charge in [0, 0.05) is 17.3 Å². The van der Waals surface area contributed by atoms with Gasteiger partial charge in [-0.05, 0) is 56.7 Å². The number of methoxy groups -OCH3 is 1. The number of benzene rings is 3. The van der Waals surface area contributed by atoms with Crippen LogP contribution in [0.1, 0.15) is 52.0 Å². The van der Waals surface area contributed by atoms with E-state index in [0.29, 0.717) is 22.3 Å². The van der Waals surface area contributed by atoms with Crippen molar-refractivity contribution < 1.29 is 14.6 Å². The average molecular weight is 500 g/mol. The van der Waals surface area contributed by atoms with Crippen molar-refractivity contribution in [1.82, 2.24) is 4.23 Å². The monoisotopic (exact) mass is 499 g/mol. The standard InChI is InChI=1S/C31H37NO3Si/c1-20(2)36(21(3)4,22(5)6)32-19-28(26-13-12-23-10-8-9-11-25(23)18-26)29(30(32)31(34)35-7)24-14-16-27(33)17-15-24/h8-22,33H,1-7H3. The molecule has 0 aliphatic rings. The van der Waals surface area contributed by atoms with Gasteiger partial charge in [0.15, 0.2) is 8.24 Å². The predicted octanol–water partition coefficient (Wildman–Crippen LogP) is 8.49. The number of phenols is 1. The lowest BCUT2D eigenvalue weighted by Crippen LogP contribution is -2.52. The SMILES string of the molecule is COC(=O)c1c(-c2ccc(O)cc2)c(-c2ccc3ccccc3c2)cn1[Si](C(C)C)(C(C)C)C(C)C. The Morgan fingerprint density at radius 2 is 1.36 bits per heavy atom. The Balaban J connectivity index is 2.16. The molecule has 36 heavy (non-hydrogen) atoms. The molecule has 3 aromatic carbocycles. The van der Waals surface area contributed by atoms with Gasteiger partial charge in [0.25, 0.3) is 0 Å². The second-order valence-corrected chi connectivity index (χ2v) is 16.3. The number of rotatable bonds is 7. The van der Waals surface area contributed by atoms with Crippen molar-refractivity contribution in [2.75, 3.05) is 7.11 Å². The van der Waals surface area contributed by atoms with Gasteiger partial charge in [0.2, 0.25) is 0 Å². The highest BCUT2D eigenvalue weighted by molar-refractivity contribution is 6.82. The minimum atomic E-state index is -2.30. The number of ether oxygens (including phenoxy) is 1. The van der Waals surface area contributed by atoms with E-state index in [0.717, 1.165) is 27.6 Å². The predicted molar refractivity (Wildman–Crippen MR) is 152 cm³/mol. The fourth-order valence-corrected chi connectivity index (χ4v) is 13.1. The maximum Gasteiger partial charge on any atom is 0.354 e. The van der Waals surface area contributed by atoms with Crippen LogP contribution < -0.4 is 0 Å². The first-order chi connectivity index (χ1) is 17.1. The summed E-state index contributed by atoms with van der Waals surface area (Å²) in [6, 6.07) is 21.9. The third-order valence-corrected chi connectivity index (χ3v) is 14.5. The van der Waals surface area contributed by atoms with Crippen molar-refractivity contribution in [2.45, 2.75) is 58.2 Å². The quantitative estimate of drug-likeness (QED) is 0.205.